The van der Waals surface area contributed by atoms with Crippen molar-refractivity contribution in [2.45, 2.75) is 32.6 Å². The molecule has 1 N–H and O–H groups in total. The van der Waals surface area contributed by atoms with Crippen molar-refractivity contribution in [2.75, 3.05) is 11.9 Å². The molecule has 2 rings (SSSR count). The zero-order valence-electron chi connectivity index (χ0n) is 12.6. The highest BCUT2D eigenvalue weighted by Gasteiger charge is 2.18. The van der Waals surface area contributed by atoms with E-state index in [9.17, 15) is 4.79 Å². The van der Waals surface area contributed by atoms with Gasteiger partial charge in [0.2, 0.25) is 5.91 Å². The number of rotatable bonds is 5. The first-order chi connectivity index (χ1) is 9.95. The number of anilines is 1. The van der Waals surface area contributed by atoms with Gasteiger partial charge >= 0.3 is 0 Å². The fourth-order valence-corrected chi connectivity index (χ4v) is 2.59. The number of para-hydroxylation sites is 1. The highest BCUT2D eigenvalue weighted by molar-refractivity contribution is 7.13. The summed E-state index contributed by atoms with van der Waals surface area (Å²) in [6, 6.07) is 9.47. The van der Waals surface area contributed by atoms with Gasteiger partial charge in [0.05, 0.1) is 18.7 Å². The zero-order valence-corrected chi connectivity index (χ0v) is 13.4. The molecule has 0 saturated heterocycles. The minimum absolute atomic E-state index is 0.00407. The summed E-state index contributed by atoms with van der Waals surface area (Å²) in [7, 11) is 0. The number of thiazole rings is 1. The van der Waals surface area contributed by atoms with E-state index in [1.807, 2.05) is 35.7 Å². The van der Waals surface area contributed by atoms with Crippen LogP contribution in [0.15, 0.2) is 35.7 Å². The lowest BCUT2D eigenvalue weighted by Crippen LogP contribution is -2.16. The van der Waals surface area contributed by atoms with Gasteiger partial charge in [-0.2, -0.15) is 0 Å². The van der Waals surface area contributed by atoms with Crippen molar-refractivity contribution < 1.29 is 9.53 Å². The van der Waals surface area contributed by atoms with Crippen LogP contribution in [0.5, 0.6) is 5.75 Å². The van der Waals surface area contributed by atoms with Crippen molar-refractivity contribution in [1.29, 1.82) is 0 Å². The van der Waals surface area contributed by atoms with Gasteiger partial charge < -0.3 is 10.1 Å². The molecule has 0 aliphatic carbocycles. The average molecular weight is 304 g/mol. The third-order valence-electron chi connectivity index (χ3n) is 2.86. The molecule has 0 saturated carbocycles. The Bertz CT molecular complexity index is 588. The number of amides is 1. The van der Waals surface area contributed by atoms with Gasteiger partial charge in [0.15, 0.2) is 5.13 Å². The van der Waals surface area contributed by atoms with Crippen molar-refractivity contribution >= 4 is 22.4 Å². The van der Waals surface area contributed by atoms with Crippen molar-refractivity contribution in [1.82, 2.24) is 4.98 Å². The molecular formula is C16H20N2O2S. The van der Waals surface area contributed by atoms with Crippen LogP contribution in [0.2, 0.25) is 0 Å². The Morgan fingerprint density at radius 3 is 2.62 bits per heavy atom. The van der Waals surface area contributed by atoms with Crippen LogP contribution in [0.1, 0.15) is 32.9 Å². The number of benzene rings is 1. The van der Waals surface area contributed by atoms with Crippen LogP contribution in [0.3, 0.4) is 0 Å². The second kappa shape index (κ2) is 6.72. The molecule has 0 radical (unpaired) electrons. The third kappa shape index (κ3) is 4.86. The molecule has 4 nitrogen and oxygen atoms in total. The van der Waals surface area contributed by atoms with Gasteiger partial charge in [-0.3, -0.25) is 4.79 Å². The van der Waals surface area contributed by atoms with E-state index in [0.29, 0.717) is 18.2 Å². The molecule has 21 heavy (non-hydrogen) atoms. The highest BCUT2D eigenvalue weighted by atomic mass is 32.1. The molecule has 2 aromatic rings. The van der Waals surface area contributed by atoms with Crippen LogP contribution < -0.4 is 10.1 Å². The molecule has 5 heteroatoms. The van der Waals surface area contributed by atoms with Crippen molar-refractivity contribution in [3.05, 3.63) is 41.4 Å². The molecule has 0 bridgehead atoms. The van der Waals surface area contributed by atoms with Crippen LogP contribution in [-0.4, -0.2) is 17.5 Å². The number of carbonyl (C=O) groups is 1. The number of hydrogen-bond donors (Lipinski definition) is 1. The monoisotopic (exact) mass is 304 g/mol. The van der Waals surface area contributed by atoms with E-state index in [1.54, 1.807) is 0 Å². The van der Waals surface area contributed by atoms with Gasteiger partial charge in [0.25, 0.3) is 0 Å². The second-order valence-electron chi connectivity index (χ2n) is 5.75. The summed E-state index contributed by atoms with van der Waals surface area (Å²) in [5, 5.41) is 5.43. The minimum Gasteiger partial charge on any atom is -0.493 e. The molecule has 1 heterocycles. The first-order valence-electron chi connectivity index (χ1n) is 6.89. The standard InChI is InChI=1S/C16H20N2O2S/c1-16(2,3)13-11-21-15(17-13)18-14(19)9-10-20-12-7-5-4-6-8-12/h4-8,11H,9-10H2,1-3H3,(H,17,18,19). The molecular weight excluding hydrogens is 284 g/mol. The first kappa shape index (κ1) is 15.5. The predicted octanol–water partition coefficient (Wildman–Crippen LogP) is 3.85. The summed E-state index contributed by atoms with van der Waals surface area (Å²) < 4.78 is 5.50. The Kier molecular flexibility index (Phi) is 4.96. The number of hydrogen-bond acceptors (Lipinski definition) is 4. The highest BCUT2D eigenvalue weighted by Crippen LogP contribution is 2.26. The van der Waals surface area contributed by atoms with Crippen LogP contribution in [0.25, 0.3) is 0 Å². The third-order valence-corrected chi connectivity index (χ3v) is 3.62. The van der Waals surface area contributed by atoms with Gasteiger partial charge in [-0.1, -0.05) is 39.0 Å². The molecule has 0 spiro atoms. The number of aromatic nitrogens is 1. The maximum Gasteiger partial charge on any atom is 0.229 e. The lowest BCUT2D eigenvalue weighted by Gasteiger charge is -2.14. The van der Waals surface area contributed by atoms with E-state index in [4.69, 9.17) is 4.74 Å². The smallest absolute Gasteiger partial charge is 0.229 e. The van der Waals surface area contributed by atoms with E-state index in [-0.39, 0.29) is 11.3 Å². The van der Waals surface area contributed by atoms with E-state index in [0.717, 1.165) is 11.4 Å². The SMILES string of the molecule is CC(C)(C)c1csc(NC(=O)CCOc2ccccc2)n1. The molecule has 1 aromatic heterocycles. The lowest BCUT2D eigenvalue weighted by atomic mass is 9.93. The molecule has 0 unspecified atom stereocenters. The minimum atomic E-state index is -0.0826. The summed E-state index contributed by atoms with van der Waals surface area (Å²) >= 11 is 1.45. The van der Waals surface area contributed by atoms with Crippen LogP contribution in [0.4, 0.5) is 5.13 Å². The Morgan fingerprint density at radius 1 is 1.29 bits per heavy atom. The zero-order chi connectivity index (χ0) is 15.3. The molecule has 0 aliphatic rings. The lowest BCUT2D eigenvalue weighted by molar-refractivity contribution is -0.116. The fraction of sp³-hybridized carbons (Fsp3) is 0.375. The Hall–Kier alpha value is -1.88. The molecule has 112 valence electrons. The van der Waals surface area contributed by atoms with Gasteiger partial charge in [0.1, 0.15) is 5.75 Å². The van der Waals surface area contributed by atoms with E-state index >= 15 is 0 Å². The second-order valence-corrected chi connectivity index (χ2v) is 6.61. The van der Waals surface area contributed by atoms with Crippen LogP contribution in [0, 0.1) is 0 Å². The predicted molar refractivity (Wildman–Crippen MR) is 86.0 cm³/mol. The van der Waals surface area contributed by atoms with E-state index < -0.39 is 0 Å². The molecule has 0 atom stereocenters. The molecule has 0 aliphatic heterocycles. The van der Waals surface area contributed by atoms with Gasteiger partial charge in [-0.25, -0.2) is 4.98 Å². The van der Waals surface area contributed by atoms with E-state index in [1.165, 1.54) is 11.3 Å². The summed E-state index contributed by atoms with van der Waals surface area (Å²) in [5.41, 5.74) is 0.985. The number of nitrogens with zero attached hydrogens (tertiary/aromatic N) is 1. The van der Waals surface area contributed by atoms with Gasteiger partial charge in [-0.05, 0) is 12.1 Å². The average Bonchev–Trinajstić information content (AvgIpc) is 2.88. The molecule has 0 fully saturated rings. The molecule has 1 aromatic carbocycles. The quantitative estimate of drug-likeness (QED) is 0.913. The number of nitrogens with one attached hydrogen (secondary N) is 1. The van der Waals surface area contributed by atoms with Crippen molar-refractivity contribution in [3.63, 3.8) is 0 Å². The van der Waals surface area contributed by atoms with Crippen molar-refractivity contribution in [3.8, 4) is 5.75 Å². The van der Waals surface area contributed by atoms with Crippen LogP contribution >= 0.6 is 11.3 Å². The molecule has 1 amide bonds. The number of ether oxygens (including phenoxy) is 1. The first-order valence-corrected chi connectivity index (χ1v) is 7.77. The van der Waals surface area contributed by atoms with Crippen LogP contribution in [-0.2, 0) is 10.2 Å². The maximum atomic E-state index is 11.8. The Balaban J connectivity index is 1.78. The largest absolute Gasteiger partial charge is 0.493 e. The fourth-order valence-electron chi connectivity index (χ4n) is 1.64. The maximum absolute atomic E-state index is 11.8. The van der Waals surface area contributed by atoms with Crippen molar-refractivity contribution in [2.24, 2.45) is 0 Å². The van der Waals surface area contributed by atoms with Gasteiger partial charge in [-0.15, -0.1) is 11.3 Å². The summed E-state index contributed by atoms with van der Waals surface area (Å²) in [6.07, 6.45) is 0.305. The number of carbonyl (C=O) groups excluding carboxylic acids is 1. The summed E-state index contributed by atoms with van der Waals surface area (Å²) in [6.45, 7) is 6.65. The Morgan fingerprint density at radius 2 is 2.00 bits per heavy atom. The summed E-state index contributed by atoms with van der Waals surface area (Å²) in [4.78, 5) is 16.3. The Labute approximate surface area is 129 Å². The van der Waals surface area contributed by atoms with E-state index in [2.05, 4.69) is 31.1 Å². The normalized spacial score (nSPS) is 11.2. The van der Waals surface area contributed by atoms with Gasteiger partial charge in [0, 0.05) is 10.8 Å². The summed E-state index contributed by atoms with van der Waals surface area (Å²) in [5.74, 6) is 0.690. The topological polar surface area (TPSA) is 51.2 Å².